The van der Waals surface area contributed by atoms with E-state index in [1.54, 1.807) is 11.3 Å². The van der Waals surface area contributed by atoms with Gasteiger partial charge in [0.25, 0.3) is 0 Å². The molecule has 0 saturated carbocycles. The van der Waals surface area contributed by atoms with E-state index in [0.717, 1.165) is 43.3 Å². The Hall–Kier alpha value is -2.60. The van der Waals surface area contributed by atoms with Gasteiger partial charge >= 0.3 is 0 Å². The first-order valence-corrected chi connectivity index (χ1v) is 9.33. The number of nitrogens with one attached hydrogen (secondary N) is 1. The van der Waals surface area contributed by atoms with Gasteiger partial charge < -0.3 is 9.80 Å². The number of amides is 1. The molecule has 1 N–H and O–H groups in total. The fourth-order valence-corrected chi connectivity index (χ4v) is 3.79. The van der Waals surface area contributed by atoms with E-state index in [-0.39, 0.29) is 5.91 Å². The van der Waals surface area contributed by atoms with Crippen LogP contribution >= 0.6 is 11.3 Å². The van der Waals surface area contributed by atoms with Crippen molar-refractivity contribution < 1.29 is 4.79 Å². The minimum absolute atomic E-state index is 0.201. The third-order valence-corrected chi connectivity index (χ3v) is 5.41. The monoisotopic (exact) mass is 352 g/mol. The number of benzene rings is 1. The molecule has 3 heterocycles. The van der Waals surface area contributed by atoms with Crippen molar-refractivity contribution in [1.82, 2.24) is 15.1 Å². The normalized spacial score (nSPS) is 14.7. The van der Waals surface area contributed by atoms with Crippen molar-refractivity contribution in [3.05, 3.63) is 59.5 Å². The lowest BCUT2D eigenvalue weighted by molar-refractivity contribution is -0.130. The molecule has 0 spiro atoms. The van der Waals surface area contributed by atoms with Crippen molar-refractivity contribution in [1.29, 1.82) is 0 Å². The number of anilines is 1. The minimum atomic E-state index is 0.201. The summed E-state index contributed by atoms with van der Waals surface area (Å²) in [7, 11) is 0. The third kappa shape index (κ3) is 3.58. The van der Waals surface area contributed by atoms with Gasteiger partial charge in [0.1, 0.15) is 0 Å². The number of carbonyl (C=O) groups is 1. The van der Waals surface area contributed by atoms with Crippen LogP contribution in [-0.2, 0) is 11.2 Å². The quantitative estimate of drug-likeness (QED) is 0.785. The number of H-pyrrole nitrogens is 1. The predicted octanol–water partition coefficient (Wildman–Crippen LogP) is 3.03. The Labute approximate surface area is 150 Å². The Morgan fingerprint density at radius 3 is 2.60 bits per heavy atom. The van der Waals surface area contributed by atoms with E-state index < -0.39 is 0 Å². The van der Waals surface area contributed by atoms with Crippen LogP contribution in [0.15, 0.2) is 53.9 Å². The summed E-state index contributed by atoms with van der Waals surface area (Å²) in [6.07, 6.45) is 0.478. The maximum Gasteiger partial charge on any atom is 0.227 e. The van der Waals surface area contributed by atoms with Crippen molar-refractivity contribution in [3.8, 4) is 10.6 Å². The fourth-order valence-electron chi connectivity index (χ4n) is 3.10. The van der Waals surface area contributed by atoms with Gasteiger partial charge in [-0.2, -0.15) is 5.10 Å². The molecule has 0 bridgehead atoms. The van der Waals surface area contributed by atoms with Crippen LogP contribution in [0.1, 0.15) is 5.56 Å². The van der Waals surface area contributed by atoms with Gasteiger partial charge in [-0.05, 0) is 17.0 Å². The van der Waals surface area contributed by atoms with E-state index in [4.69, 9.17) is 0 Å². The maximum absolute atomic E-state index is 12.5. The summed E-state index contributed by atoms with van der Waals surface area (Å²) >= 11 is 1.70. The van der Waals surface area contributed by atoms with Crippen LogP contribution < -0.4 is 4.90 Å². The van der Waals surface area contributed by atoms with E-state index in [2.05, 4.69) is 32.6 Å². The molecule has 0 unspecified atom stereocenters. The largest absolute Gasteiger partial charge is 0.352 e. The SMILES string of the molecule is O=C(Cc1ccccc1)N1CCN(c2cc(-c3cccs3)[nH]n2)CC1. The number of hydrogen-bond donors (Lipinski definition) is 1. The number of thiophene rings is 1. The van der Waals surface area contributed by atoms with E-state index in [1.165, 1.54) is 4.88 Å². The summed E-state index contributed by atoms with van der Waals surface area (Å²) in [5.74, 6) is 1.16. The van der Waals surface area contributed by atoms with Crippen LogP contribution in [0, 0.1) is 0 Å². The van der Waals surface area contributed by atoms with Gasteiger partial charge in [-0.25, -0.2) is 0 Å². The average molecular weight is 352 g/mol. The lowest BCUT2D eigenvalue weighted by Gasteiger charge is -2.34. The molecule has 5 nitrogen and oxygen atoms in total. The molecular weight excluding hydrogens is 332 g/mol. The molecule has 1 aliphatic rings. The van der Waals surface area contributed by atoms with E-state index >= 15 is 0 Å². The number of nitrogens with zero attached hydrogens (tertiary/aromatic N) is 3. The molecule has 4 rings (SSSR count). The third-order valence-electron chi connectivity index (χ3n) is 4.51. The van der Waals surface area contributed by atoms with Crippen molar-refractivity contribution in [2.24, 2.45) is 0 Å². The summed E-state index contributed by atoms with van der Waals surface area (Å²) in [6.45, 7) is 3.12. The van der Waals surface area contributed by atoms with Gasteiger partial charge in [0.15, 0.2) is 5.82 Å². The second kappa shape index (κ2) is 7.11. The number of rotatable bonds is 4. The van der Waals surface area contributed by atoms with Gasteiger partial charge in [-0.3, -0.25) is 9.89 Å². The molecule has 3 aromatic rings. The van der Waals surface area contributed by atoms with Crippen molar-refractivity contribution in [3.63, 3.8) is 0 Å². The Balaban J connectivity index is 1.34. The summed E-state index contributed by atoms with van der Waals surface area (Å²) in [5.41, 5.74) is 2.12. The van der Waals surface area contributed by atoms with Crippen LogP contribution in [0.3, 0.4) is 0 Å². The number of hydrogen-bond acceptors (Lipinski definition) is 4. The minimum Gasteiger partial charge on any atom is -0.352 e. The summed E-state index contributed by atoms with van der Waals surface area (Å²) in [4.78, 5) is 17.8. The predicted molar refractivity (Wildman–Crippen MR) is 101 cm³/mol. The molecule has 0 aliphatic carbocycles. The summed E-state index contributed by atoms with van der Waals surface area (Å²) in [6, 6.07) is 16.1. The molecule has 25 heavy (non-hydrogen) atoms. The Kier molecular flexibility index (Phi) is 4.52. The number of piperazine rings is 1. The smallest absolute Gasteiger partial charge is 0.227 e. The highest BCUT2D eigenvalue weighted by Crippen LogP contribution is 2.26. The molecule has 6 heteroatoms. The Morgan fingerprint density at radius 1 is 1.08 bits per heavy atom. The molecular formula is C19H20N4OS. The first-order chi connectivity index (χ1) is 12.3. The summed E-state index contributed by atoms with van der Waals surface area (Å²) < 4.78 is 0. The van der Waals surface area contributed by atoms with Crippen molar-refractivity contribution in [2.75, 3.05) is 31.1 Å². The van der Waals surface area contributed by atoms with Crippen LogP contribution in [-0.4, -0.2) is 47.2 Å². The second-order valence-corrected chi connectivity index (χ2v) is 7.10. The highest BCUT2D eigenvalue weighted by Gasteiger charge is 2.22. The van der Waals surface area contributed by atoms with Crippen LogP contribution in [0.2, 0.25) is 0 Å². The van der Waals surface area contributed by atoms with Crippen LogP contribution in [0.5, 0.6) is 0 Å². The van der Waals surface area contributed by atoms with Crippen molar-refractivity contribution in [2.45, 2.75) is 6.42 Å². The molecule has 1 saturated heterocycles. The van der Waals surface area contributed by atoms with Gasteiger partial charge in [0.05, 0.1) is 17.0 Å². The standard InChI is InChI=1S/C19H20N4OS/c24-19(13-15-5-2-1-3-6-15)23-10-8-22(9-11-23)18-14-16(20-21-18)17-7-4-12-25-17/h1-7,12,14H,8-11,13H2,(H,20,21). The first kappa shape index (κ1) is 15.9. The van der Waals surface area contributed by atoms with Crippen LogP contribution in [0.4, 0.5) is 5.82 Å². The highest BCUT2D eigenvalue weighted by molar-refractivity contribution is 7.13. The van der Waals surface area contributed by atoms with Crippen LogP contribution in [0.25, 0.3) is 10.6 Å². The Morgan fingerprint density at radius 2 is 1.88 bits per heavy atom. The molecule has 0 atom stereocenters. The Bertz CT molecular complexity index is 820. The molecule has 1 fully saturated rings. The van der Waals surface area contributed by atoms with Gasteiger partial charge in [-0.15, -0.1) is 11.3 Å². The molecule has 0 radical (unpaired) electrons. The molecule has 128 valence electrons. The zero-order chi connectivity index (χ0) is 17.1. The second-order valence-electron chi connectivity index (χ2n) is 6.15. The van der Waals surface area contributed by atoms with Gasteiger partial charge in [0, 0.05) is 32.2 Å². The average Bonchev–Trinajstić information content (AvgIpc) is 3.34. The first-order valence-electron chi connectivity index (χ1n) is 8.45. The lowest BCUT2D eigenvalue weighted by Crippen LogP contribution is -2.49. The highest BCUT2D eigenvalue weighted by atomic mass is 32.1. The number of aromatic amines is 1. The summed E-state index contributed by atoms with van der Waals surface area (Å²) in [5, 5.41) is 9.61. The van der Waals surface area contributed by atoms with E-state index in [0.29, 0.717) is 6.42 Å². The molecule has 1 aromatic carbocycles. The molecule has 1 amide bonds. The van der Waals surface area contributed by atoms with E-state index in [1.807, 2.05) is 41.3 Å². The van der Waals surface area contributed by atoms with Gasteiger partial charge in [-0.1, -0.05) is 36.4 Å². The topological polar surface area (TPSA) is 52.2 Å². The van der Waals surface area contributed by atoms with Crippen molar-refractivity contribution >= 4 is 23.1 Å². The maximum atomic E-state index is 12.5. The zero-order valence-corrected chi connectivity index (χ0v) is 14.7. The van der Waals surface area contributed by atoms with E-state index in [9.17, 15) is 4.79 Å². The molecule has 2 aromatic heterocycles. The van der Waals surface area contributed by atoms with Gasteiger partial charge in [0.2, 0.25) is 5.91 Å². The zero-order valence-electron chi connectivity index (χ0n) is 13.9. The number of aromatic nitrogens is 2. The molecule has 1 aliphatic heterocycles. The lowest BCUT2D eigenvalue weighted by atomic mass is 10.1. The number of carbonyl (C=O) groups excluding carboxylic acids is 1. The fraction of sp³-hybridized carbons (Fsp3) is 0.263.